The molecule has 3 aliphatic heterocycles. The van der Waals surface area contributed by atoms with E-state index in [1.807, 2.05) is 70.2 Å². The van der Waals surface area contributed by atoms with Crippen LogP contribution in [0.15, 0.2) is 65.8 Å². The number of methoxy groups -OCH3 is 4. The second kappa shape index (κ2) is 27.3. The lowest BCUT2D eigenvalue weighted by molar-refractivity contribution is -0.264. The van der Waals surface area contributed by atoms with Crippen LogP contribution in [0, 0.1) is 35.5 Å². The zero-order valence-corrected chi connectivity index (χ0v) is 45.3. The number of aliphatic hydroxyl groups is 3. The smallest absolute Gasteiger partial charge is 0.329 e. The number of carbonyl (C=O) groups is 5. The third kappa shape index (κ3) is 15.1. The molecule has 1 saturated carbocycles. The van der Waals surface area contributed by atoms with Crippen molar-refractivity contribution in [2.45, 2.75) is 180 Å². The van der Waals surface area contributed by atoms with E-state index in [-0.39, 0.29) is 60.7 Å². The molecule has 5 rings (SSSR count). The number of piperidine rings is 1. The fraction of sp³-hybridized carbons (Fsp3) is 0.672. The Kier molecular flexibility index (Phi) is 22.2. The highest BCUT2D eigenvalue weighted by atomic mass is 16.6. The van der Waals surface area contributed by atoms with Gasteiger partial charge >= 0.3 is 5.97 Å². The minimum absolute atomic E-state index is 0.0135. The molecule has 15 nitrogen and oxygen atoms in total. The average Bonchev–Trinajstić information content (AvgIpc) is 3.38. The first-order valence-corrected chi connectivity index (χ1v) is 26.5. The summed E-state index contributed by atoms with van der Waals surface area (Å²) in [6, 6.07) is 4.39. The maximum Gasteiger partial charge on any atom is 0.329 e. The second-order valence-electron chi connectivity index (χ2n) is 21.5. The van der Waals surface area contributed by atoms with Crippen LogP contribution in [0.1, 0.15) is 137 Å². The lowest BCUT2D eigenvalue weighted by Gasteiger charge is -2.43. The summed E-state index contributed by atoms with van der Waals surface area (Å²) in [5.74, 6) is -7.37. The molecule has 3 N–H and O–H groups in total. The van der Waals surface area contributed by atoms with Crippen LogP contribution in [0.4, 0.5) is 0 Å². The molecule has 1 aromatic rings. The maximum absolute atomic E-state index is 14.6. The van der Waals surface area contributed by atoms with Gasteiger partial charge in [-0.1, -0.05) is 82.7 Å². The molecule has 0 radical (unpaired) electrons. The van der Waals surface area contributed by atoms with Gasteiger partial charge in [-0.15, -0.1) is 0 Å². The van der Waals surface area contributed by atoms with Crippen molar-refractivity contribution in [3.05, 3.63) is 71.4 Å². The molecule has 1 aromatic carbocycles. The van der Waals surface area contributed by atoms with Crippen molar-refractivity contribution >= 4 is 29.2 Å². The van der Waals surface area contributed by atoms with Gasteiger partial charge in [0, 0.05) is 62.5 Å². The lowest BCUT2D eigenvalue weighted by Crippen LogP contribution is -2.60. The number of aliphatic hydroxyl groups excluding tert-OH is 2. The molecule has 406 valence electrons. The minimum Gasteiger partial charge on any atom is -0.497 e. The molecular weight excluding hydrogens is 935 g/mol. The third-order valence-corrected chi connectivity index (χ3v) is 16.1. The first-order chi connectivity index (χ1) is 34.7. The van der Waals surface area contributed by atoms with E-state index in [0.29, 0.717) is 81.3 Å². The average molecular weight is 1020 g/mol. The van der Waals surface area contributed by atoms with E-state index in [4.69, 9.17) is 28.4 Å². The van der Waals surface area contributed by atoms with Crippen LogP contribution >= 0.6 is 0 Å². The zero-order valence-electron chi connectivity index (χ0n) is 45.3. The second-order valence-corrected chi connectivity index (χ2v) is 21.5. The number of fused-ring (bicyclic) bond motifs is 3. The Morgan fingerprint density at radius 1 is 0.836 bits per heavy atom. The van der Waals surface area contributed by atoms with Crippen LogP contribution in [0.5, 0.6) is 11.5 Å². The Hall–Kier alpha value is -4.51. The normalized spacial score (nSPS) is 37.2. The predicted octanol–water partition coefficient (Wildman–Crippen LogP) is 7.97. The number of amides is 1. The first-order valence-electron chi connectivity index (χ1n) is 26.5. The maximum atomic E-state index is 14.6. The molecule has 15 atom stereocenters. The molecule has 1 amide bonds. The number of hydrogen-bond acceptors (Lipinski definition) is 14. The van der Waals surface area contributed by atoms with Gasteiger partial charge in [-0.2, -0.15) is 0 Å². The van der Waals surface area contributed by atoms with Gasteiger partial charge in [-0.25, -0.2) is 4.79 Å². The Balaban J connectivity index is 1.53. The molecule has 1 aliphatic carbocycles. The van der Waals surface area contributed by atoms with Crippen molar-refractivity contribution in [3.63, 3.8) is 0 Å². The molecule has 3 heterocycles. The molecule has 0 spiro atoms. The van der Waals surface area contributed by atoms with Gasteiger partial charge in [0.15, 0.2) is 5.78 Å². The molecule has 73 heavy (non-hydrogen) atoms. The van der Waals surface area contributed by atoms with Gasteiger partial charge in [-0.3, -0.25) is 19.2 Å². The summed E-state index contributed by atoms with van der Waals surface area (Å²) in [4.78, 5) is 72.9. The zero-order chi connectivity index (χ0) is 53.7. The van der Waals surface area contributed by atoms with E-state index in [1.54, 1.807) is 54.2 Å². The van der Waals surface area contributed by atoms with Crippen LogP contribution < -0.4 is 9.47 Å². The van der Waals surface area contributed by atoms with E-state index >= 15 is 0 Å². The summed E-state index contributed by atoms with van der Waals surface area (Å²) in [6.45, 7) is 12.8. The SMILES string of the molecule is COc1ccc(C2C[C@@H]3CC[C@@H](C)[C@@](O)(O3)C(=O)C(=O)N3CCCC[C@H]3C(=O)O[C@H]([C@H](C)C[C@@H]3CC[C@@H](O)[C@H](OC)C3)CC(=O)[C@H](C)/C=C(\C)[C@@H](O)C(OC)C(=O)[C@H](C)C[C@H](C)/C=C/C=C/C=C/2C)c(OC)c1. The number of ketones is 3. The van der Waals surface area contributed by atoms with Crippen molar-refractivity contribution in [2.75, 3.05) is 35.0 Å². The summed E-state index contributed by atoms with van der Waals surface area (Å²) >= 11 is 0. The number of cyclic esters (lactones) is 1. The first kappa shape index (κ1) is 59.4. The fourth-order valence-corrected chi connectivity index (χ4v) is 11.3. The van der Waals surface area contributed by atoms with Crippen molar-refractivity contribution in [1.29, 1.82) is 0 Å². The van der Waals surface area contributed by atoms with Gasteiger partial charge in [0.05, 0.1) is 32.5 Å². The van der Waals surface area contributed by atoms with Gasteiger partial charge < -0.3 is 48.6 Å². The van der Waals surface area contributed by atoms with Crippen LogP contribution in [0.3, 0.4) is 0 Å². The number of carbonyl (C=O) groups excluding carboxylic acids is 5. The molecule has 3 fully saturated rings. The van der Waals surface area contributed by atoms with Gasteiger partial charge in [0.25, 0.3) is 11.7 Å². The minimum atomic E-state index is -2.49. The molecule has 2 bridgehead atoms. The number of nitrogens with zero attached hydrogens (tertiary/aromatic N) is 1. The number of Topliss-reactive ketones (excluding diaryl/α,β-unsaturated/α-hetero) is 3. The standard InChI is InChI=1S/C58H85NO14/c1-34-17-13-12-14-18-35(2)45(44-24-23-42(68-8)32-50(44)69-9)31-43-22-20-40(7)58(67,73-43)55(64)56(65)59-26-16-15-19-46(59)57(66)72-49(37(4)29-41-21-25-47(60)51(30-41)70-10)33-48(61)36(3)28-39(6)53(63)54(71-11)52(62)38(5)27-34/h12-14,17-18,23-24,28,32,34,36-38,40-41,43,45-47,49,51,53-54,60,63,67H,15-16,19-22,25-27,29-31,33H2,1-11H3/b14-12+,17-13+,35-18+,39-28+/t34-,36-,37-,38-,40-,41+,43+,45?,46+,47-,49+,51-,53-,54?,58-/m1/s1. The lowest BCUT2D eigenvalue weighted by atomic mass is 9.78. The number of benzene rings is 1. The summed E-state index contributed by atoms with van der Waals surface area (Å²) in [6.07, 6.45) is 11.4. The summed E-state index contributed by atoms with van der Waals surface area (Å²) < 4.78 is 35.3. The van der Waals surface area contributed by atoms with Crippen LogP contribution in [-0.4, -0.2) is 133 Å². The highest BCUT2D eigenvalue weighted by Crippen LogP contribution is 2.43. The quantitative estimate of drug-likeness (QED) is 0.128. The van der Waals surface area contributed by atoms with Gasteiger partial charge in [-0.05, 0) is 114 Å². The topological polar surface area (TPSA) is 205 Å². The predicted molar refractivity (Wildman–Crippen MR) is 277 cm³/mol. The fourth-order valence-electron chi connectivity index (χ4n) is 11.3. The molecule has 4 aliphatic rings. The number of rotatable bonds is 8. The Morgan fingerprint density at radius 3 is 2.26 bits per heavy atom. The van der Waals surface area contributed by atoms with E-state index in [1.165, 1.54) is 12.0 Å². The molecule has 0 aromatic heterocycles. The van der Waals surface area contributed by atoms with Crippen LogP contribution in [-0.2, 0) is 42.9 Å². The van der Waals surface area contributed by atoms with Crippen molar-refractivity contribution in [3.8, 4) is 11.5 Å². The number of ether oxygens (including phenoxy) is 6. The summed E-state index contributed by atoms with van der Waals surface area (Å²) in [5, 5.41) is 34.4. The molecule has 2 unspecified atom stereocenters. The molecule has 15 heteroatoms. The highest BCUT2D eigenvalue weighted by Gasteiger charge is 2.53. The van der Waals surface area contributed by atoms with Crippen molar-refractivity contribution in [2.24, 2.45) is 35.5 Å². The third-order valence-electron chi connectivity index (χ3n) is 16.1. The van der Waals surface area contributed by atoms with E-state index in [0.717, 1.165) is 11.1 Å². The Labute approximate surface area is 433 Å². The van der Waals surface area contributed by atoms with E-state index in [9.17, 15) is 39.3 Å². The highest BCUT2D eigenvalue weighted by molar-refractivity contribution is 6.39. The Morgan fingerprint density at radius 2 is 1.58 bits per heavy atom. The number of allylic oxidation sites excluding steroid dienone is 7. The van der Waals surface area contributed by atoms with Gasteiger partial charge in [0.2, 0.25) is 5.79 Å². The van der Waals surface area contributed by atoms with Crippen molar-refractivity contribution in [1.82, 2.24) is 4.90 Å². The molecular formula is C58H85NO14. The van der Waals surface area contributed by atoms with E-state index in [2.05, 4.69) is 0 Å². The largest absolute Gasteiger partial charge is 0.497 e. The summed E-state index contributed by atoms with van der Waals surface area (Å²) in [5.41, 5.74) is 2.14. The molecule has 2 saturated heterocycles. The van der Waals surface area contributed by atoms with Crippen LogP contribution in [0.25, 0.3) is 0 Å². The van der Waals surface area contributed by atoms with Gasteiger partial charge in [0.1, 0.15) is 41.6 Å². The van der Waals surface area contributed by atoms with Crippen LogP contribution in [0.2, 0.25) is 0 Å². The van der Waals surface area contributed by atoms with Crippen molar-refractivity contribution < 1.29 is 67.7 Å². The number of esters is 1. The van der Waals surface area contributed by atoms with E-state index < -0.39 is 77.8 Å². The summed E-state index contributed by atoms with van der Waals surface area (Å²) in [7, 11) is 6.10. The monoisotopic (exact) mass is 1020 g/mol. The Bertz CT molecular complexity index is 2180. The number of hydrogen-bond donors (Lipinski definition) is 3.